The first-order valence-electron chi connectivity index (χ1n) is 5.12. The summed E-state index contributed by atoms with van der Waals surface area (Å²) < 4.78 is 5.88. The van der Waals surface area contributed by atoms with E-state index in [0.29, 0.717) is 10.2 Å². The zero-order chi connectivity index (χ0) is 12.3. The molecule has 0 aliphatic heterocycles. The van der Waals surface area contributed by atoms with Crippen molar-refractivity contribution < 1.29 is 15.0 Å². The van der Waals surface area contributed by atoms with Crippen molar-refractivity contribution in [3.05, 3.63) is 24.3 Å². The summed E-state index contributed by atoms with van der Waals surface area (Å²) in [6, 6.07) is 7.55. The molecular formula is C12H20N2O3. The highest BCUT2D eigenvalue weighted by molar-refractivity contribution is 5.70. The van der Waals surface area contributed by atoms with Gasteiger partial charge in [0.1, 0.15) is 11.4 Å². The third kappa shape index (κ3) is 4.42. The Balaban J connectivity index is 0.00000256. The van der Waals surface area contributed by atoms with Crippen LogP contribution in [-0.2, 0) is 0 Å². The fourth-order valence-corrected chi connectivity index (χ4v) is 1.16. The molecule has 1 amide bonds. The number of benzene rings is 1. The molecule has 1 aromatic rings. The second-order valence-corrected chi connectivity index (χ2v) is 4.77. The normalized spacial score (nSPS) is 10.4. The maximum atomic E-state index is 11.4. The van der Waals surface area contributed by atoms with Gasteiger partial charge in [0.05, 0.1) is 21.1 Å². The van der Waals surface area contributed by atoms with E-state index in [9.17, 15) is 4.79 Å². The van der Waals surface area contributed by atoms with Crippen molar-refractivity contribution in [1.82, 2.24) is 9.38 Å². The Labute approximate surface area is 102 Å². The zero-order valence-electron chi connectivity index (χ0n) is 11.0. The van der Waals surface area contributed by atoms with Crippen molar-refractivity contribution in [1.29, 1.82) is 0 Å². The number of rotatable bonds is 2. The molecule has 0 atom stereocenters. The van der Waals surface area contributed by atoms with Gasteiger partial charge in [0.25, 0.3) is 0 Å². The molecule has 5 nitrogen and oxygen atoms in total. The quantitative estimate of drug-likeness (QED) is 0.740. The third-order valence-corrected chi connectivity index (χ3v) is 2.16. The number of carbonyl (C=O) groups is 1. The van der Waals surface area contributed by atoms with E-state index >= 15 is 0 Å². The predicted molar refractivity (Wildman–Crippen MR) is 67.7 cm³/mol. The van der Waals surface area contributed by atoms with Gasteiger partial charge in [0, 0.05) is 20.2 Å². The lowest BCUT2D eigenvalue weighted by Gasteiger charge is -2.23. The molecule has 0 radical (unpaired) electrons. The molecule has 5 heteroatoms. The second-order valence-electron chi connectivity index (χ2n) is 4.77. The lowest BCUT2D eigenvalue weighted by atomic mass is 10.2. The molecule has 96 valence electrons. The van der Waals surface area contributed by atoms with Gasteiger partial charge < -0.3 is 15.1 Å². The predicted octanol–water partition coefficient (Wildman–Crippen LogP) is 1.77. The smallest absolute Gasteiger partial charge is 0.414 e. The average molecular weight is 240 g/mol. The van der Waals surface area contributed by atoms with Crippen LogP contribution in [0.5, 0.6) is 5.75 Å². The number of nitrogens with zero attached hydrogens (tertiary/aromatic N) is 2. The van der Waals surface area contributed by atoms with Crippen molar-refractivity contribution >= 4 is 11.8 Å². The lowest BCUT2D eigenvalue weighted by Crippen LogP contribution is -2.34. The highest BCUT2D eigenvalue weighted by atomic mass is 16.6. The second kappa shape index (κ2) is 5.65. The van der Waals surface area contributed by atoms with Gasteiger partial charge in [-0.25, -0.2) is 4.79 Å². The van der Waals surface area contributed by atoms with Crippen LogP contribution in [0.3, 0.4) is 0 Å². The van der Waals surface area contributed by atoms with E-state index in [4.69, 9.17) is 4.74 Å². The summed E-state index contributed by atoms with van der Waals surface area (Å²) in [6.07, 6.45) is -0.362. The highest BCUT2D eigenvalue weighted by Gasteiger charge is 2.14. The first-order chi connectivity index (χ1) is 7.30. The largest absolute Gasteiger partial charge is 0.870 e. The minimum Gasteiger partial charge on any atom is -0.870 e. The first kappa shape index (κ1) is 15.4. The summed E-state index contributed by atoms with van der Waals surface area (Å²) in [4.78, 5) is 12.8. The van der Waals surface area contributed by atoms with E-state index in [2.05, 4.69) is 21.1 Å². The summed E-state index contributed by atoms with van der Waals surface area (Å²) in [5.41, 5.74) is 1.09. The Kier molecular flexibility index (Phi) is 5.12. The van der Waals surface area contributed by atoms with E-state index in [-0.39, 0.29) is 11.6 Å². The van der Waals surface area contributed by atoms with E-state index in [1.54, 1.807) is 20.2 Å². The third-order valence-electron chi connectivity index (χ3n) is 2.16. The zero-order valence-corrected chi connectivity index (χ0v) is 11.0. The SMILES string of the molecule is CN(C)C(=O)Oc1cccc([N+](C)(C)C)c1.[OH-]. The van der Waals surface area contributed by atoms with Crippen LogP contribution < -0.4 is 9.22 Å². The van der Waals surface area contributed by atoms with Crippen LogP contribution in [0.15, 0.2) is 24.3 Å². The monoisotopic (exact) mass is 240 g/mol. The summed E-state index contributed by atoms with van der Waals surface area (Å²) in [7, 11) is 9.50. The van der Waals surface area contributed by atoms with Crippen LogP contribution in [0, 0.1) is 0 Å². The van der Waals surface area contributed by atoms with Crippen molar-refractivity contribution in [2.24, 2.45) is 0 Å². The van der Waals surface area contributed by atoms with Gasteiger partial charge in [-0.05, 0) is 12.1 Å². The van der Waals surface area contributed by atoms with Gasteiger partial charge >= 0.3 is 6.09 Å². The molecule has 1 N–H and O–H groups in total. The molecule has 0 bridgehead atoms. The average Bonchev–Trinajstić information content (AvgIpc) is 2.16. The van der Waals surface area contributed by atoms with Gasteiger partial charge in [-0.15, -0.1) is 0 Å². The van der Waals surface area contributed by atoms with Gasteiger partial charge in [-0.3, -0.25) is 4.48 Å². The number of hydrogen-bond donors (Lipinski definition) is 0. The molecule has 0 saturated carbocycles. The van der Waals surface area contributed by atoms with E-state index in [1.165, 1.54) is 4.90 Å². The molecule has 0 aliphatic carbocycles. The highest BCUT2D eigenvalue weighted by Crippen LogP contribution is 2.22. The van der Waals surface area contributed by atoms with Crippen molar-refractivity contribution in [3.63, 3.8) is 0 Å². The fourth-order valence-electron chi connectivity index (χ4n) is 1.16. The van der Waals surface area contributed by atoms with Crippen LogP contribution in [0.2, 0.25) is 0 Å². The topological polar surface area (TPSA) is 59.5 Å². The molecule has 1 rings (SSSR count). The number of amides is 1. The van der Waals surface area contributed by atoms with Gasteiger partial charge in [0.2, 0.25) is 0 Å². The molecule has 0 aliphatic rings. The van der Waals surface area contributed by atoms with Crippen molar-refractivity contribution in [3.8, 4) is 5.75 Å². The maximum Gasteiger partial charge on any atom is 0.414 e. The standard InChI is InChI=1S/C12H19N2O2.H2O/c1-13(2)12(15)16-11-8-6-7-10(9-11)14(3,4)5;/h6-9H,1-5H3;1H2/q+1;/p-1. The van der Waals surface area contributed by atoms with Crippen LogP contribution in [0.25, 0.3) is 0 Å². The Bertz CT molecular complexity index is 384. The molecule has 0 saturated heterocycles. The minimum atomic E-state index is -0.362. The van der Waals surface area contributed by atoms with Crippen LogP contribution in [-0.4, -0.2) is 51.7 Å². The van der Waals surface area contributed by atoms with E-state index in [1.807, 2.05) is 18.2 Å². The number of carbonyl (C=O) groups excluding carboxylic acids is 1. The van der Waals surface area contributed by atoms with Crippen LogP contribution in [0.4, 0.5) is 10.5 Å². The fraction of sp³-hybridized carbons (Fsp3) is 0.417. The Morgan fingerprint density at radius 3 is 2.29 bits per heavy atom. The van der Waals surface area contributed by atoms with Crippen molar-refractivity contribution in [2.75, 3.05) is 35.2 Å². The molecule has 1 aromatic carbocycles. The summed E-state index contributed by atoms with van der Waals surface area (Å²) in [6.45, 7) is 0. The molecule has 0 spiro atoms. The molecule has 17 heavy (non-hydrogen) atoms. The summed E-state index contributed by atoms with van der Waals surface area (Å²) in [5.74, 6) is 0.573. The Morgan fingerprint density at radius 1 is 1.24 bits per heavy atom. The summed E-state index contributed by atoms with van der Waals surface area (Å²) in [5, 5.41) is 0. The molecule has 0 fully saturated rings. The first-order valence-corrected chi connectivity index (χ1v) is 5.12. The van der Waals surface area contributed by atoms with Crippen LogP contribution in [0.1, 0.15) is 0 Å². The Morgan fingerprint density at radius 2 is 1.82 bits per heavy atom. The molecule has 0 aromatic heterocycles. The lowest BCUT2D eigenvalue weighted by molar-refractivity contribution is 0.172. The number of hydrogen-bond acceptors (Lipinski definition) is 3. The minimum absolute atomic E-state index is 0. The molecular weight excluding hydrogens is 220 g/mol. The summed E-state index contributed by atoms with van der Waals surface area (Å²) >= 11 is 0. The number of ether oxygens (including phenoxy) is 1. The Hall–Kier alpha value is -1.59. The molecule has 0 unspecified atom stereocenters. The van der Waals surface area contributed by atoms with Gasteiger partial charge in [-0.1, -0.05) is 6.07 Å². The number of quaternary nitrogens is 1. The maximum absolute atomic E-state index is 11.4. The van der Waals surface area contributed by atoms with Crippen LogP contribution >= 0.6 is 0 Å². The van der Waals surface area contributed by atoms with E-state index < -0.39 is 0 Å². The molecule has 0 heterocycles. The van der Waals surface area contributed by atoms with Gasteiger partial charge in [0.15, 0.2) is 0 Å². The van der Waals surface area contributed by atoms with Crippen molar-refractivity contribution in [2.45, 2.75) is 0 Å². The van der Waals surface area contributed by atoms with E-state index in [0.717, 1.165) is 5.69 Å². The van der Waals surface area contributed by atoms with Gasteiger partial charge in [-0.2, -0.15) is 0 Å².